The number of carbonyl (C=O) groups excluding carboxylic acids is 1. The Kier molecular flexibility index (Phi) is 7.67. The summed E-state index contributed by atoms with van der Waals surface area (Å²) in [4.78, 5) is 30.3. The number of amides is 1. The molecule has 0 N–H and O–H groups in total. The third-order valence-electron chi connectivity index (χ3n) is 7.18. The molecule has 6 rings (SSSR count). The van der Waals surface area contributed by atoms with Crippen LogP contribution in [0.15, 0.2) is 79.3 Å². The summed E-state index contributed by atoms with van der Waals surface area (Å²) in [7, 11) is 1.92. The fraction of sp³-hybridized carbons (Fsp3) is 0.303. The van der Waals surface area contributed by atoms with E-state index in [0.29, 0.717) is 32.0 Å². The van der Waals surface area contributed by atoms with Crippen LogP contribution in [0, 0.1) is 0 Å². The standard InChI is InChI=1S/C33H35N7O3/c1-33(2,3)43-32(41)40-19-17-39(18-20-40)31-26-7-5-6-8-28(26)35-29(36-31)22-42-25-11-9-24(10-12-25)30-27(21-38(4)37-30)23-13-15-34-16-14-23/h5-16,21H,17-20,22H2,1-4H3. The van der Waals surface area contributed by atoms with Crippen molar-refractivity contribution >= 4 is 22.8 Å². The fourth-order valence-corrected chi connectivity index (χ4v) is 5.14. The molecule has 3 aromatic heterocycles. The normalized spacial score (nSPS) is 13.8. The third kappa shape index (κ3) is 6.43. The summed E-state index contributed by atoms with van der Waals surface area (Å²) in [6, 6.07) is 19.9. The van der Waals surface area contributed by atoms with Gasteiger partial charge in [0.2, 0.25) is 0 Å². The van der Waals surface area contributed by atoms with E-state index in [0.717, 1.165) is 44.9 Å². The minimum absolute atomic E-state index is 0.223. The average molecular weight is 578 g/mol. The Balaban J connectivity index is 1.17. The second-order valence-corrected chi connectivity index (χ2v) is 11.5. The molecular weight excluding hydrogens is 542 g/mol. The maximum atomic E-state index is 12.6. The van der Waals surface area contributed by atoms with Gasteiger partial charge in [-0.05, 0) is 74.9 Å². The molecule has 2 aromatic carbocycles. The van der Waals surface area contributed by atoms with Crippen molar-refractivity contribution in [2.75, 3.05) is 31.1 Å². The molecule has 1 fully saturated rings. The van der Waals surface area contributed by atoms with E-state index in [1.54, 1.807) is 17.3 Å². The number of hydrogen-bond acceptors (Lipinski definition) is 8. The summed E-state index contributed by atoms with van der Waals surface area (Å²) >= 11 is 0. The lowest BCUT2D eigenvalue weighted by Crippen LogP contribution is -2.50. The molecule has 0 aliphatic carbocycles. The van der Waals surface area contributed by atoms with Gasteiger partial charge in [-0.3, -0.25) is 9.67 Å². The van der Waals surface area contributed by atoms with Gasteiger partial charge in [-0.1, -0.05) is 12.1 Å². The van der Waals surface area contributed by atoms with E-state index >= 15 is 0 Å². The highest BCUT2D eigenvalue weighted by molar-refractivity contribution is 5.89. The molecule has 0 radical (unpaired) electrons. The number of fused-ring (bicyclic) bond motifs is 1. The highest BCUT2D eigenvalue weighted by atomic mass is 16.6. The first-order valence-corrected chi connectivity index (χ1v) is 14.4. The highest BCUT2D eigenvalue weighted by Gasteiger charge is 2.27. The van der Waals surface area contributed by atoms with E-state index in [4.69, 9.17) is 24.5 Å². The predicted octanol–water partition coefficient (Wildman–Crippen LogP) is 5.73. The van der Waals surface area contributed by atoms with Crippen molar-refractivity contribution in [3.8, 4) is 28.1 Å². The SMILES string of the molecule is Cn1cc(-c2ccncc2)c(-c2ccc(OCc3nc(N4CCN(C(=O)OC(C)(C)C)CC4)c4ccccc4n3)cc2)n1. The zero-order valence-corrected chi connectivity index (χ0v) is 24.9. The van der Waals surface area contributed by atoms with Crippen LogP contribution >= 0.6 is 0 Å². The van der Waals surface area contributed by atoms with Crippen molar-refractivity contribution in [1.82, 2.24) is 29.6 Å². The van der Waals surface area contributed by atoms with Crippen molar-refractivity contribution in [1.29, 1.82) is 0 Å². The average Bonchev–Trinajstić information content (AvgIpc) is 3.41. The molecule has 0 bridgehead atoms. The number of para-hydroxylation sites is 1. The predicted molar refractivity (Wildman–Crippen MR) is 166 cm³/mol. The quantitative estimate of drug-likeness (QED) is 0.252. The molecule has 1 saturated heterocycles. The molecule has 1 aliphatic rings. The molecule has 0 spiro atoms. The van der Waals surface area contributed by atoms with E-state index in [1.165, 1.54) is 0 Å². The molecule has 220 valence electrons. The van der Waals surface area contributed by atoms with E-state index in [-0.39, 0.29) is 12.7 Å². The van der Waals surface area contributed by atoms with Gasteiger partial charge >= 0.3 is 6.09 Å². The first kappa shape index (κ1) is 28.1. The summed E-state index contributed by atoms with van der Waals surface area (Å²) < 4.78 is 13.5. The van der Waals surface area contributed by atoms with Gasteiger partial charge in [0.15, 0.2) is 5.82 Å². The summed E-state index contributed by atoms with van der Waals surface area (Å²) in [6.07, 6.45) is 5.30. The maximum absolute atomic E-state index is 12.6. The van der Waals surface area contributed by atoms with Gasteiger partial charge in [0.1, 0.15) is 29.5 Å². The Morgan fingerprint density at radius 1 is 0.884 bits per heavy atom. The number of benzene rings is 2. The van der Waals surface area contributed by atoms with Crippen LogP contribution in [0.4, 0.5) is 10.6 Å². The van der Waals surface area contributed by atoms with Crippen LogP contribution in [0.1, 0.15) is 26.6 Å². The zero-order chi connectivity index (χ0) is 30.0. The van der Waals surface area contributed by atoms with Crippen molar-refractivity contribution in [2.24, 2.45) is 7.05 Å². The number of rotatable bonds is 6. The van der Waals surface area contributed by atoms with Gasteiger partial charge < -0.3 is 19.3 Å². The largest absolute Gasteiger partial charge is 0.486 e. The molecule has 10 nitrogen and oxygen atoms in total. The molecule has 5 aromatic rings. The minimum atomic E-state index is -0.520. The van der Waals surface area contributed by atoms with Crippen molar-refractivity contribution in [3.63, 3.8) is 0 Å². The lowest BCUT2D eigenvalue weighted by molar-refractivity contribution is 0.0240. The molecule has 0 atom stereocenters. The van der Waals surface area contributed by atoms with E-state index in [1.807, 2.05) is 99.4 Å². The van der Waals surface area contributed by atoms with Crippen LogP contribution in [-0.2, 0) is 18.4 Å². The molecule has 4 heterocycles. The van der Waals surface area contributed by atoms with E-state index in [9.17, 15) is 4.79 Å². The van der Waals surface area contributed by atoms with E-state index < -0.39 is 5.60 Å². The molecular formula is C33H35N7O3. The van der Waals surface area contributed by atoms with Gasteiger partial charge in [0.05, 0.1) is 5.52 Å². The van der Waals surface area contributed by atoms with Crippen LogP contribution in [0.25, 0.3) is 33.3 Å². The van der Waals surface area contributed by atoms with Crippen molar-refractivity contribution in [3.05, 3.63) is 85.1 Å². The molecule has 1 aliphatic heterocycles. The Morgan fingerprint density at radius 3 is 2.33 bits per heavy atom. The van der Waals surface area contributed by atoms with Crippen LogP contribution in [-0.4, -0.2) is 67.5 Å². The second kappa shape index (κ2) is 11.7. The Labute approximate surface area is 250 Å². The number of ether oxygens (including phenoxy) is 2. The van der Waals surface area contributed by atoms with Crippen molar-refractivity contribution in [2.45, 2.75) is 33.0 Å². The number of carbonyl (C=O) groups is 1. The van der Waals surface area contributed by atoms with Crippen LogP contribution in [0.3, 0.4) is 0 Å². The molecule has 43 heavy (non-hydrogen) atoms. The summed E-state index contributed by atoms with van der Waals surface area (Å²) in [5, 5.41) is 5.67. The van der Waals surface area contributed by atoms with Gasteiger partial charge in [-0.15, -0.1) is 0 Å². The first-order valence-electron chi connectivity index (χ1n) is 14.4. The fourth-order valence-electron chi connectivity index (χ4n) is 5.14. The number of nitrogens with zero attached hydrogens (tertiary/aromatic N) is 7. The molecule has 1 amide bonds. The van der Waals surface area contributed by atoms with Gasteiger partial charge in [-0.25, -0.2) is 14.8 Å². The molecule has 0 saturated carbocycles. The minimum Gasteiger partial charge on any atom is -0.486 e. The molecule has 0 unspecified atom stereocenters. The smallest absolute Gasteiger partial charge is 0.410 e. The first-order chi connectivity index (χ1) is 20.7. The lowest BCUT2D eigenvalue weighted by Gasteiger charge is -2.36. The number of hydrogen-bond donors (Lipinski definition) is 0. The summed E-state index contributed by atoms with van der Waals surface area (Å²) in [5.41, 5.74) is 4.34. The lowest BCUT2D eigenvalue weighted by atomic mass is 10.0. The molecule has 10 heteroatoms. The Hall–Kier alpha value is -4.99. The topological polar surface area (TPSA) is 98.5 Å². The number of aromatic nitrogens is 5. The second-order valence-electron chi connectivity index (χ2n) is 11.5. The zero-order valence-electron chi connectivity index (χ0n) is 24.9. The number of pyridine rings is 1. The Bertz CT molecular complexity index is 1720. The third-order valence-corrected chi connectivity index (χ3v) is 7.18. The monoisotopic (exact) mass is 577 g/mol. The number of aryl methyl sites for hydroxylation is 1. The summed E-state index contributed by atoms with van der Waals surface area (Å²) in [6.45, 7) is 8.29. The van der Waals surface area contributed by atoms with Crippen LogP contribution in [0.2, 0.25) is 0 Å². The number of piperazine rings is 1. The van der Waals surface area contributed by atoms with Gasteiger partial charge in [-0.2, -0.15) is 5.10 Å². The van der Waals surface area contributed by atoms with Crippen LogP contribution in [0.5, 0.6) is 5.75 Å². The number of anilines is 1. The van der Waals surface area contributed by atoms with Crippen LogP contribution < -0.4 is 9.64 Å². The van der Waals surface area contributed by atoms with Gasteiger partial charge in [0.25, 0.3) is 0 Å². The van der Waals surface area contributed by atoms with E-state index in [2.05, 4.69) is 9.88 Å². The highest BCUT2D eigenvalue weighted by Crippen LogP contribution is 2.32. The van der Waals surface area contributed by atoms with Crippen molar-refractivity contribution < 1.29 is 14.3 Å². The maximum Gasteiger partial charge on any atom is 0.410 e. The van der Waals surface area contributed by atoms with Gasteiger partial charge in [0, 0.05) is 68.3 Å². The Morgan fingerprint density at radius 2 is 1.60 bits per heavy atom. The summed E-state index contributed by atoms with van der Waals surface area (Å²) in [5.74, 6) is 2.16.